The van der Waals surface area contributed by atoms with E-state index in [2.05, 4.69) is 27.8 Å². The molecule has 3 unspecified atom stereocenters. The second-order valence-electron chi connectivity index (χ2n) is 13.2. The molecule has 3 heterocycles. The third-order valence-electron chi connectivity index (χ3n) is 9.20. The minimum atomic E-state index is -0.656. The van der Waals surface area contributed by atoms with Crippen LogP contribution in [-0.2, 0) is 9.53 Å². The molecule has 0 aromatic heterocycles. The van der Waals surface area contributed by atoms with E-state index in [0.717, 1.165) is 50.5 Å². The van der Waals surface area contributed by atoms with Crippen LogP contribution in [0.15, 0.2) is 36.5 Å². The molecule has 0 spiro atoms. The first-order valence-corrected chi connectivity index (χ1v) is 15.2. The van der Waals surface area contributed by atoms with E-state index in [9.17, 15) is 19.2 Å². The van der Waals surface area contributed by atoms with E-state index in [0.29, 0.717) is 31.2 Å². The molecule has 2 amide bonds. The number of alkyl carbamates (subject to hydrolysis) is 1. The first-order valence-electron chi connectivity index (χ1n) is 15.2. The zero-order valence-corrected chi connectivity index (χ0v) is 24.7. The smallest absolute Gasteiger partial charge is 0.408 e. The van der Waals surface area contributed by atoms with E-state index in [-0.39, 0.29) is 35.9 Å². The average Bonchev–Trinajstić information content (AvgIpc) is 3.64. The van der Waals surface area contributed by atoms with E-state index in [1.54, 1.807) is 0 Å². The first kappa shape index (κ1) is 29.4. The van der Waals surface area contributed by atoms with Crippen LogP contribution >= 0.6 is 0 Å². The number of carbonyl (C=O) groups excluding carboxylic acids is 2. The highest BCUT2D eigenvalue weighted by atomic mass is 19.1. The van der Waals surface area contributed by atoms with Crippen LogP contribution in [0.1, 0.15) is 83.7 Å². The molecule has 8 nitrogen and oxygen atoms in total. The van der Waals surface area contributed by atoms with Gasteiger partial charge in [0.1, 0.15) is 17.5 Å². The summed E-state index contributed by atoms with van der Waals surface area (Å²) in [6, 6.07) is 8.01. The fraction of sp³-hybridized carbons (Fsp3) is 0.656. The number of amides is 2. The van der Waals surface area contributed by atoms with Crippen LogP contribution < -0.4 is 5.32 Å². The lowest BCUT2D eigenvalue weighted by Crippen LogP contribution is -2.57. The Labute approximate surface area is 243 Å². The lowest BCUT2D eigenvalue weighted by molar-refractivity contribution is -0.141. The van der Waals surface area contributed by atoms with Crippen molar-refractivity contribution in [3.63, 3.8) is 0 Å². The average molecular weight is 566 g/mol. The monoisotopic (exact) mass is 565 g/mol. The number of rotatable bonds is 8. The van der Waals surface area contributed by atoms with Crippen molar-refractivity contribution in [2.75, 3.05) is 19.6 Å². The van der Waals surface area contributed by atoms with E-state index in [1.807, 2.05) is 37.8 Å². The number of fused-ring (bicyclic) bond motifs is 2. The van der Waals surface area contributed by atoms with Crippen molar-refractivity contribution in [2.45, 2.75) is 108 Å². The number of hydrogen-bond donors (Lipinski definition) is 1. The lowest BCUT2D eigenvalue weighted by atomic mass is 9.80. The van der Waals surface area contributed by atoms with Crippen LogP contribution in [0, 0.1) is 23.1 Å². The van der Waals surface area contributed by atoms with Crippen LogP contribution in [0.4, 0.5) is 9.18 Å². The Kier molecular flexibility index (Phi) is 8.60. The quantitative estimate of drug-likeness (QED) is 0.470. The minimum absolute atomic E-state index is 0.0489. The van der Waals surface area contributed by atoms with Gasteiger partial charge in [0.05, 0.1) is 24.2 Å². The van der Waals surface area contributed by atoms with Crippen molar-refractivity contribution in [1.82, 2.24) is 20.0 Å². The maximum Gasteiger partial charge on any atom is 0.408 e. The highest BCUT2D eigenvalue weighted by Crippen LogP contribution is 2.45. The van der Waals surface area contributed by atoms with Crippen LogP contribution in [0.3, 0.4) is 0 Å². The van der Waals surface area contributed by atoms with Gasteiger partial charge in [-0.15, -0.1) is 0 Å². The van der Waals surface area contributed by atoms with Gasteiger partial charge in [0.2, 0.25) is 5.91 Å². The Hall–Kier alpha value is -3.12. The lowest BCUT2D eigenvalue weighted by Gasteiger charge is -2.44. The second kappa shape index (κ2) is 12.0. The summed E-state index contributed by atoms with van der Waals surface area (Å²) in [5.74, 6) is 0.209. The third-order valence-corrected chi connectivity index (χ3v) is 9.20. The molecular formula is C32H44FN5O3. The molecule has 1 aliphatic carbocycles. The van der Waals surface area contributed by atoms with Gasteiger partial charge in [0, 0.05) is 31.4 Å². The molecule has 5 atom stereocenters. The van der Waals surface area contributed by atoms with Crippen molar-refractivity contribution < 1.29 is 18.7 Å². The molecule has 4 fully saturated rings. The Morgan fingerprint density at radius 1 is 1.17 bits per heavy atom. The van der Waals surface area contributed by atoms with E-state index >= 15 is 0 Å². The van der Waals surface area contributed by atoms with Gasteiger partial charge in [-0.1, -0.05) is 38.0 Å². The molecule has 41 heavy (non-hydrogen) atoms. The third kappa shape index (κ3) is 6.38. The van der Waals surface area contributed by atoms with Gasteiger partial charge in [-0.3, -0.25) is 9.69 Å². The topological polar surface area (TPSA) is 88.9 Å². The van der Waals surface area contributed by atoms with Crippen molar-refractivity contribution in [1.29, 1.82) is 5.26 Å². The Morgan fingerprint density at radius 3 is 2.51 bits per heavy atom. The van der Waals surface area contributed by atoms with Crippen LogP contribution in [0.2, 0.25) is 0 Å². The van der Waals surface area contributed by atoms with Gasteiger partial charge in [0.15, 0.2) is 0 Å². The fourth-order valence-corrected chi connectivity index (χ4v) is 7.39. The molecule has 1 aromatic carbocycles. The van der Waals surface area contributed by atoms with Gasteiger partial charge in [-0.25, -0.2) is 9.18 Å². The summed E-state index contributed by atoms with van der Waals surface area (Å²) >= 11 is 0. The van der Waals surface area contributed by atoms with Crippen LogP contribution in [0.5, 0.6) is 0 Å². The molecule has 1 aromatic rings. The number of halogens is 1. The predicted octanol–water partition coefficient (Wildman–Crippen LogP) is 5.13. The normalized spacial score (nSPS) is 26.6. The Bertz CT molecular complexity index is 1170. The molecule has 222 valence electrons. The zero-order chi connectivity index (χ0) is 29.3. The summed E-state index contributed by atoms with van der Waals surface area (Å²) in [7, 11) is 0. The number of hydrogen-bond acceptors (Lipinski definition) is 6. The fourth-order valence-electron chi connectivity index (χ4n) is 7.39. The number of ether oxygens (including phenoxy) is 1. The SMILES string of the molecule is C=C(C(CN1C[C@@H]2CC1C(=O)N2[C@H](c1ccc(F)cc1)C1CCCCC1)NC(=O)OC(C)(C)C)N1CCCC1C#N. The summed E-state index contributed by atoms with van der Waals surface area (Å²) in [6.07, 6.45) is 7.54. The number of carbonyl (C=O) groups is 2. The molecule has 3 aliphatic heterocycles. The molecule has 4 aliphatic rings. The minimum Gasteiger partial charge on any atom is -0.444 e. The highest BCUT2D eigenvalue weighted by molar-refractivity contribution is 5.86. The Balaban J connectivity index is 1.34. The molecule has 3 saturated heterocycles. The van der Waals surface area contributed by atoms with Gasteiger partial charge < -0.3 is 19.9 Å². The Morgan fingerprint density at radius 2 is 1.88 bits per heavy atom. The number of piperazine rings is 1. The van der Waals surface area contributed by atoms with E-state index in [4.69, 9.17) is 4.74 Å². The number of nitrogens with one attached hydrogen (secondary N) is 1. The standard InChI is InChI=1S/C32H44FN5O3/c1-21(37-16-8-11-25(37)18-34)27(35-31(40)41-32(2,3)4)20-36-19-26-17-28(36)30(39)38(26)29(22-9-6-5-7-10-22)23-12-14-24(33)15-13-23/h12-15,22,25-29H,1,5-11,16-17,19-20H2,2-4H3,(H,35,40)/t25?,26-,27?,28?,29-/m0/s1. The molecule has 9 heteroatoms. The summed E-state index contributed by atoms with van der Waals surface area (Å²) in [5.41, 5.74) is 1.04. The van der Waals surface area contributed by atoms with E-state index < -0.39 is 17.7 Å². The first-order chi connectivity index (χ1) is 19.6. The summed E-state index contributed by atoms with van der Waals surface area (Å²) in [5, 5.41) is 12.7. The highest BCUT2D eigenvalue weighted by Gasteiger charge is 2.53. The largest absolute Gasteiger partial charge is 0.444 e. The summed E-state index contributed by atoms with van der Waals surface area (Å²) < 4.78 is 19.4. The number of likely N-dealkylation sites (tertiary alicyclic amines) is 3. The molecule has 1 saturated carbocycles. The maximum atomic E-state index is 14.0. The van der Waals surface area contributed by atoms with Crippen LogP contribution in [0.25, 0.3) is 0 Å². The molecule has 2 bridgehead atoms. The van der Waals surface area contributed by atoms with E-state index in [1.165, 1.54) is 18.6 Å². The molecule has 1 N–H and O–H groups in total. The molecule has 0 radical (unpaired) electrons. The van der Waals surface area contributed by atoms with Gasteiger partial charge in [0.25, 0.3) is 0 Å². The number of nitrogens with zero attached hydrogens (tertiary/aromatic N) is 4. The molecule has 5 rings (SSSR count). The second-order valence-corrected chi connectivity index (χ2v) is 13.2. The van der Waals surface area contributed by atoms with Crippen LogP contribution in [-0.4, -0.2) is 76.1 Å². The van der Waals surface area contributed by atoms with Crippen molar-refractivity contribution in [3.05, 3.63) is 47.9 Å². The maximum absolute atomic E-state index is 14.0. The van der Waals surface area contributed by atoms with Crippen molar-refractivity contribution >= 4 is 12.0 Å². The summed E-state index contributed by atoms with van der Waals surface area (Å²) in [6.45, 7) is 11.6. The van der Waals surface area contributed by atoms with Crippen molar-refractivity contribution in [3.8, 4) is 6.07 Å². The predicted molar refractivity (Wildman–Crippen MR) is 154 cm³/mol. The van der Waals surface area contributed by atoms with Gasteiger partial charge >= 0.3 is 6.09 Å². The van der Waals surface area contributed by atoms with Crippen molar-refractivity contribution in [2.24, 2.45) is 5.92 Å². The zero-order valence-electron chi connectivity index (χ0n) is 24.7. The molecular weight excluding hydrogens is 521 g/mol. The number of nitriles is 1. The number of benzene rings is 1. The van der Waals surface area contributed by atoms with Gasteiger partial charge in [-0.2, -0.15) is 5.26 Å². The summed E-state index contributed by atoms with van der Waals surface area (Å²) in [4.78, 5) is 33.1. The van der Waals surface area contributed by atoms with Gasteiger partial charge in [-0.05, 0) is 76.5 Å².